The third-order valence-corrected chi connectivity index (χ3v) is 3.59. The molecule has 0 heterocycles. The standard InChI is InChI=1S/C18H22FN/c1-4-17(14-9-11-15(19)12-10-14)20-18-8-6-5-7-16(18)13(2)3/h5-13,17,20H,4H2,1-3H3. The molecule has 0 amide bonds. The average Bonchev–Trinajstić information content (AvgIpc) is 2.46. The maximum atomic E-state index is 13.0. The summed E-state index contributed by atoms with van der Waals surface area (Å²) in [6, 6.07) is 15.3. The number of hydrogen-bond donors (Lipinski definition) is 1. The first kappa shape index (κ1) is 14.6. The highest BCUT2D eigenvalue weighted by atomic mass is 19.1. The van der Waals surface area contributed by atoms with Crippen LogP contribution in [0.4, 0.5) is 10.1 Å². The van der Waals surface area contributed by atoms with Crippen molar-refractivity contribution in [1.82, 2.24) is 0 Å². The van der Waals surface area contributed by atoms with Gasteiger partial charge in [0.2, 0.25) is 0 Å². The molecule has 1 N–H and O–H groups in total. The lowest BCUT2D eigenvalue weighted by Gasteiger charge is -2.22. The third kappa shape index (κ3) is 3.38. The van der Waals surface area contributed by atoms with E-state index in [1.807, 2.05) is 18.2 Å². The van der Waals surface area contributed by atoms with Gasteiger partial charge >= 0.3 is 0 Å². The molecule has 0 spiro atoms. The van der Waals surface area contributed by atoms with E-state index in [0.717, 1.165) is 12.0 Å². The smallest absolute Gasteiger partial charge is 0.123 e. The number of para-hydroxylation sites is 1. The molecule has 0 radical (unpaired) electrons. The molecule has 0 saturated carbocycles. The highest BCUT2D eigenvalue weighted by Gasteiger charge is 2.12. The molecule has 1 unspecified atom stereocenters. The molecular weight excluding hydrogens is 249 g/mol. The van der Waals surface area contributed by atoms with Crippen molar-refractivity contribution in [2.45, 2.75) is 39.2 Å². The highest BCUT2D eigenvalue weighted by Crippen LogP contribution is 2.29. The summed E-state index contributed by atoms with van der Waals surface area (Å²) in [7, 11) is 0. The number of halogens is 1. The second-order valence-corrected chi connectivity index (χ2v) is 5.40. The number of rotatable bonds is 5. The minimum Gasteiger partial charge on any atom is -0.378 e. The fourth-order valence-corrected chi connectivity index (χ4v) is 2.44. The van der Waals surface area contributed by atoms with E-state index < -0.39 is 0 Å². The van der Waals surface area contributed by atoms with Crippen LogP contribution >= 0.6 is 0 Å². The summed E-state index contributed by atoms with van der Waals surface area (Å²) in [6.45, 7) is 6.53. The molecule has 0 aliphatic rings. The molecule has 0 bridgehead atoms. The van der Waals surface area contributed by atoms with Crippen molar-refractivity contribution in [3.63, 3.8) is 0 Å². The van der Waals surface area contributed by atoms with Gasteiger partial charge in [-0.3, -0.25) is 0 Å². The minimum atomic E-state index is -0.189. The topological polar surface area (TPSA) is 12.0 Å². The summed E-state index contributed by atoms with van der Waals surface area (Å²) in [5.41, 5.74) is 3.60. The summed E-state index contributed by atoms with van der Waals surface area (Å²) in [5.74, 6) is 0.288. The molecule has 2 heteroatoms. The average molecular weight is 271 g/mol. The summed E-state index contributed by atoms with van der Waals surface area (Å²) in [6.07, 6.45) is 0.956. The monoisotopic (exact) mass is 271 g/mol. The zero-order chi connectivity index (χ0) is 14.5. The molecule has 106 valence electrons. The number of benzene rings is 2. The van der Waals surface area contributed by atoms with Gasteiger partial charge in [-0.15, -0.1) is 0 Å². The van der Waals surface area contributed by atoms with E-state index in [1.54, 1.807) is 0 Å². The molecule has 2 rings (SSSR count). The molecule has 0 saturated heterocycles. The lowest BCUT2D eigenvalue weighted by Crippen LogP contribution is -2.11. The van der Waals surface area contributed by atoms with Gasteiger partial charge < -0.3 is 5.32 Å². The third-order valence-electron chi connectivity index (χ3n) is 3.59. The second kappa shape index (κ2) is 6.56. The molecular formula is C18H22FN. The van der Waals surface area contributed by atoms with E-state index in [9.17, 15) is 4.39 Å². The van der Waals surface area contributed by atoms with Crippen LogP contribution in [0.3, 0.4) is 0 Å². The van der Waals surface area contributed by atoms with Crippen molar-refractivity contribution in [3.05, 3.63) is 65.5 Å². The van der Waals surface area contributed by atoms with Crippen molar-refractivity contribution in [3.8, 4) is 0 Å². The summed E-state index contributed by atoms with van der Waals surface area (Å²) < 4.78 is 13.0. The van der Waals surface area contributed by atoms with E-state index in [2.05, 4.69) is 44.3 Å². The normalized spacial score (nSPS) is 12.4. The van der Waals surface area contributed by atoms with Gasteiger partial charge in [-0.25, -0.2) is 4.39 Å². The molecule has 0 aliphatic heterocycles. The first-order chi connectivity index (χ1) is 9.61. The highest BCUT2D eigenvalue weighted by molar-refractivity contribution is 5.54. The van der Waals surface area contributed by atoms with E-state index in [1.165, 1.54) is 23.4 Å². The zero-order valence-electron chi connectivity index (χ0n) is 12.4. The SMILES string of the molecule is CCC(Nc1ccccc1C(C)C)c1ccc(F)cc1. The predicted molar refractivity (Wildman–Crippen MR) is 83.6 cm³/mol. The van der Waals surface area contributed by atoms with Crippen LogP contribution < -0.4 is 5.32 Å². The summed E-state index contributed by atoms with van der Waals surface area (Å²) in [5, 5.41) is 3.59. The van der Waals surface area contributed by atoms with Gasteiger partial charge in [-0.1, -0.05) is 51.1 Å². The van der Waals surface area contributed by atoms with Gasteiger partial charge in [0.05, 0.1) is 6.04 Å². The van der Waals surface area contributed by atoms with Crippen LogP contribution in [0.5, 0.6) is 0 Å². The molecule has 2 aromatic carbocycles. The van der Waals surface area contributed by atoms with Crippen molar-refractivity contribution in [2.75, 3.05) is 5.32 Å². The van der Waals surface area contributed by atoms with Gasteiger partial charge in [0.1, 0.15) is 5.82 Å². The number of nitrogens with one attached hydrogen (secondary N) is 1. The fraction of sp³-hybridized carbons (Fsp3) is 0.333. The molecule has 0 aliphatic carbocycles. The van der Waals surface area contributed by atoms with Crippen LogP contribution in [-0.2, 0) is 0 Å². The first-order valence-corrected chi connectivity index (χ1v) is 7.22. The van der Waals surface area contributed by atoms with Crippen LogP contribution in [0.25, 0.3) is 0 Å². The van der Waals surface area contributed by atoms with Crippen molar-refractivity contribution in [2.24, 2.45) is 0 Å². The Bertz CT molecular complexity index is 546. The van der Waals surface area contributed by atoms with Gasteiger partial charge in [0.25, 0.3) is 0 Å². The van der Waals surface area contributed by atoms with Crippen molar-refractivity contribution in [1.29, 1.82) is 0 Å². The number of hydrogen-bond acceptors (Lipinski definition) is 1. The Morgan fingerprint density at radius 2 is 1.65 bits per heavy atom. The maximum absolute atomic E-state index is 13.0. The molecule has 20 heavy (non-hydrogen) atoms. The molecule has 1 nitrogen and oxygen atoms in total. The Balaban J connectivity index is 2.24. The van der Waals surface area contributed by atoms with Crippen LogP contribution in [0.1, 0.15) is 50.3 Å². The van der Waals surface area contributed by atoms with E-state index in [0.29, 0.717) is 5.92 Å². The van der Waals surface area contributed by atoms with E-state index in [4.69, 9.17) is 0 Å². The number of anilines is 1. The van der Waals surface area contributed by atoms with Crippen molar-refractivity contribution >= 4 is 5.69 Å². The Morgan fingerprint density at radius 1 is 1.00 bits per heavy atom. The van der Waals surface area contributed by atoms with E-state index in [-0.39, 0.29) is 11.9 Å². The van der Waals surface area contributed by atoms with Crippen molar-refractivity contribution < 1.29 is 4.39 Å². The Hall–Kier alpha value is -1.83. The summed E-state index contributed by atoms with van der Waals surface area (Å²) in [4.78, 5) is 0. The Morgan fingerprint density at radius 3 is 2.25 bits per heavy atom. The Kier molecular flexibility index (Phi) is 4.78. The predicted octanol–water partition coefficient (Wildman–Crippen LogP) is 5.51. The second-order valence-electron chi connectivity index (χ2n) is 5.40. The van der Waals surface area contributed by atoms with Gasteiger partial charge in [0.15, 0.2) is 0 Å². The largest absolute Gasteiger partial charge is 0.378 e. The van der Waals surface area contributed by atoms with Crippen LogP contribution in [0.2, 0.25) is 0 Å². The molecule has 2 aromatic rings. The molecule has 1 atom stereocenters. The summed E-state index contributed by atoms with van der Waals surface area (Å²) >= 11 is 0. The lowest BCUT2D eigenvalue weighted by atomic mass is 9.99. The van der Waals surface area contributed by atoms with Crippen LogP contribution in [0, 0.1) is 5.82 Å². The first-order valence-electron chi connectivity index (χ1n) is 7.22. The molecule has 0 fully saturated rings. The lowest BCUT2D eigenvalue weighted by molar-refractivity contribution is 0.625. The van der Waals surface area contributed by atoms with Crippen LogP contribution in [0.15, 0.2) is 48.5 Å². The minimum absolute atomic E-state index is 0.189. The van der Waals surface area contributed by atoms with Gasteiger partial charge in [-0.2, -0.15) is 0 Å². The maximum Gasteiger partial charge on any atom is 0.123 e. The van der Waals surface area contributed by atoms with Crippen LogP contribution in [-0.4, -0.2) is 0 Å². The zero-order valence-corrected chi connectivity index (χ0v) is 12.4. The Labute approximate surface area is 120 Å². The van der Waals surface area contributed by atoms with Gasteiger partial charge in [-0.05, 0) is 41.7 Å². The molecule has 0 aromatic heterocycles. The van der Waals surface area contributed by atoms with Gasteiger partial charge in [0, 0.05) is 5.69 Å². The quantitative estimate of drug-likeness (QED) is 0.755. The fourth-order valence-electron chi connectivity index (χ4n) is 2.44. The van der Waals surface area contributed by atoms with E-state index >= 15 is 0 Å².